The number of benzene rings is 2. The Morgan fingerprint density at radius 3 is 2.62 bits per heavy atom. The highest BCUT2D eigenvalue weighted by atomic mass is 32.2. The molecule has 2 heterocycles. The van der Waals surface area contributed by atoms with E-state index in [1.807, 2.05) is 60.1 Å². The summed E-state index contributed by atoms with van der Waals surface area (Å²) in [6.45, 7) is 2.04. The number of amides is 1. The molecular formula is C25H24N3O3S3-. The zero-order valence-corrected chi connectivity index (χ0v) is 21.0. The van der Waals surface area contributed by atoms with Crippen LogP contribution in [0.5, 0.6) is 0 Å². The lowest BCUT2D eigenvalue weighted by Gasteiger charge is -2.18. The second kappa shape index (κ2) is 11.5. The van der Waals surface area contributed by atoms with Crippen molar-refractivity contribution >= 4 is 45.5 Å². The Bertz CT molecular complexity index is 1250. The fraction of sp³-hybridized carbons (Fsp3) is 0.200. The monoisotopic (exact) mass is 510 g/mol. The van der Waals surface area contributed by atoms with Crippen molar-refractivity contribution in [1.29, 1.82) is 0 Å². The van der Waals surface area contributed by atoms with E-state index in [1.54, 1.807) is 34.8 Å². The van der Waals surface area contributed by atoms with Crippen LogP contribution in [0.15, 0.2) is 71.4 Å². The van der Waals surface area contributed by atoms with Crippen LogP contribution in [0.2, 0.25) is 0 Å². The molecule has 9 heteroatoms. The Balaban J connectivity index is 1.49. The number of anilines is 1. The Kier molecular flexibility index (Phi) is 8.23. The van der Waals surface area contributed by atoms with Crippen LogP contribution in [-0.2, 0) is 28.9 Å². The first-order valence-corrected chi connectivity index (χ1v) is 13.6. The Labute approximate surface area is 209 Å². The maximum Gasteiger partial charge on any atom is 0.220 e. The molecule has 2 aromatic heterocycles. The van der Waals surface area contributed by atoms with E-state index >= 15 is 0 Å². The first kappa shape index (κ1) is 24.3. The second-order valence-electron chi connectivity index (χ2n) is 7.90. The van der Waals surface area contributed by atoms with Gasteiger partial charge in [-0.3, -0.25) is 9.00 Å². The maximum absolute atomic E-state index is 12.9. The van der Waals surface area contributed by atoms with E-state index in [-0.39, 0.29) is 11.9 Å². The molecule has 0 spiro atoms. The number of aryl methyl sites for hydroxylation is 2. The van der Waals surface area contributed by atoms with Crippen molar-refractivity contribution in [2.24, 2.45) is 0 Å². The molecule has 2 N–H and O–H groups in total. The van der Waals surface area contributed by atoms with Crippen molar-refractivity contribution in [3.63, 3.8) is 0 Å². The lowest BCUT2D eigenvalue weighted by Crippen LogP contribution is -2.30. The molecule has 0 saturated heterocycles. The van der Waals surface area contributed by atoms with Crippen LogP contribution in [0.4, 0.5) is 5.69 Å². The predicted molar refractivity (Wildman–Crippen MR) is 138 cm³/mol. The standard InChI is InChI=1S/C25H25N3O3S3/c1-17-4-2-5-18(14-17)9-12-24(29)26-21(15-19-7-10-20(11-8-19)28-34(30)31)22-16-33-25(27-22)23-6-3-13-32-23/h2-8,10-11,13-14,16,21,28H,9,12,15H2,1H3,(H,26,29)(H,30,31)/p-1/t21-/m0/s1. The van der Waals surface area contributed by atoms with Crippen LogP contribution in [0, 0.1) is 6.92 Å². The molecule has 0 radical (unpaired) electrons. The first-order chi connectivity index (χ1) is 16.5. The molecule has 34 heavy (non-hydrogen) atoms. The molecule has 0 aliphatic rings. The van der Waals surface area contributed by atoms with Gasteiger partial charge in [-0.25, -0.2) is 4.98 Å². The van der Waals surface area contributed by atoms with Gasteiger partial charge in [-0.15, -0.1) is 22.7 Å². The number of thiophene rings is 1. The molecule has 1 amide bonds. The summed E-state index contributed by atoms with van der Waals surface area (Å²) in [6.07, 6.45) is 1.61. The van der Waals surface area contributed by atoms with Gasteiger partial charge in [0.25, 0.3) is 0 Å². The van der Waals surface area contributed by atoms with Gasteiger partial charge in [0.15, 0.2) is 0 Å². The highest BCUT2D eigenvalue weighted by molar-refractivity contribution is 7.80. The number of hydrogen-bond donors (Lipinski definition) is 2. The molecule has 0 fully saturated rings. The van der Waals surface area contributed by atoms with E-state index in [4.69, 9.17) is 4.98 Å². The zero-order chi connectivity index (χ0) is 23.9. The predicted octanol–water partition coefficient (Wildman–Crippen LogP) is 5.42. The molecule has 4 rings (SSSR count). The van der Waals surface area contributed by atoms with Crippen molar-refractivity contribution in [2.45, 2.75) is 32.2 Å². The summed E-state index contributed by atoms with van der Waals surface area (Å²) < 4.78 is 24.1. The zero-order valence-electron chi connectivity index (χ0n) is 18.5. The number of aromatic nitrogens is 1. The van der Waals surface area contributed by atoms with Crippen molar-refractivity contribution in [1.82, 2.24) is 10.3 Å². The van der Waals surface area contributed by atoms with Gasteiger partial charge in [0, 0.05) is 28.8 Å². The van der Waals surface area contributed by atoms with Gasteiger partial charge in [-0.1, -0.05) is 48.0 Å². The average molecular weight is 511 g/mol. The first-order valence-electron chi connectivity index (χ1n) is 10.8. The van der Waals surface area contributed by atoms with Crippen LogP contribution in [0.1, 0.15) is 34.8 Å². The van der Waals surface area contributed by atoms with Crippen molar-refractivity contribution in [3.8, 4) is 9.88 Å². The quantitative estimate of drug-likeness (QED) is 0.279. The van der Waals surface area contributed by atoms with E-state index in [2.05, 4.69) is 16.1 Å². The normalized spacial score (nSPS) is 12.8. The fourth-order valence-electron chi connectivity index (χ4n) is 3.62. The van der Waals surface area contributed by atoms with Gasteiger partial charge < -0.3 is 14.6 Å². The number of thiazole rings is 1. The number of carbonyl (C=O) groups is 1. The third-order valence-corrected chi connectivity index (χ3v) is 7.57. The summed E-state index contributed by atoms with van der Waals surface area (Å²) in [5, 5.41) is 8.11. The highest BCUT2D eigenvalue weighted by Crippen LogP contribution is 2.31. The summed E-state index contributed by atoms with van der Waals surface area (Å²) in [4.78, 5) is 18.8. The molecule has 0 aliphatic carbocycles. The number of carbonyl (C=O) groups excluding carboxylic acids is 1. The second-order valence-corrected chi connectivity index (χ2v) is 10.4. The topological polar surface area (TPSA) is 94.2 Å². The molecule has 1 unspecified atom stereocenters. The van der Waals surface area contributed by atoms with Gasteiger partial charge in [0.05, 0.1) is 16.6 Å². The Morgan fingerprint density at radius 1 is 1.09 bits per heavy atom. The number of nitrogens with zero attached hydrogens (tertiary/aromatic N) is 1. The van der Waals surface area contributed by atoms with E-state index in [1.165, 1.54) is 5.56 Å². The molecule has 2 atom stereocenters. The fourth-order valence-corrected chi connectivity index (χ4v) is 5.64. The van der Waals surface area contributed by atoms with Gasteiger partial charge in [0.1, 0.15) is 5.01 Å². The molecule has 4 aromatic rings. The third-order valence-electron chi connectivity index (χ3n) is 5.26. The molecule has 176 valence electrons. The smallest absolute Gasteiger partial charge is 0.220 e. The summed E-state index contributed by atoms with van der Waals surface area (Å²) in [6, 6.07) is 19.1. The molecule has 0 saturated carbocycles. The van der Waals surface area contributed by atoms with Crippen LogP contribution in [0.25, 0.3) is 9.88 Å². The third kappa shape index (κ3) is 6.83. The Morgan fingerprint density at radius 2 is 1.91 bits per heavy atom. The largest absolute Gasteiger partial charge is 0.755 e. The van der Waals surface area contributed by atoms with E-state index in [9.17, 15) is 13.6 Å². The Hall–Kier alpha value is -2.85. The molecule has 6 nitrogen and oxygen atoms in total. The van der Waals surface area contributed by atoms with Crippen LogP contribution < -0.4 is 10.0 Å². The average Bonchev–Trinajstić information content (AvgIpc) is 3.50. The van der Waals surface area contributed by atoms with Crippen molar-refractivity contribution in [3.05, 3.63) is 93.8 Å². The lowest BCUT2D eigenvalue weighted by molar-refractivity contribution is -0.121. The van der Waals surface area contributed by atoms with Crippen LogP contribution in [0.3, 0.4) is 0 Å². The minimum absolute atomic E-state index is 0.0304. The number of nitrogens with one attached hydrogen (secondary N) is 2. The molecule has 0 bridgehead atoms. The minimum Gasteiger partial charge on any atom is -0.755 e. The van der Waals surface area contributed by atoms with Crippen molar-refractivity contribution < 1.29 is 13.6 Å². The summed E-state index contributed by atoms with van der Waals surface area (Å²) in [7, 11) is 0. The van der Waals surface area contributed by atoms with Crippen LogP contribution >= 0.6 is 22.7 Å². The maximum atomic E-state index is 12.9. The SMILES string of the molecule is Cc1cccc(CCC(=O)N[C@@H](Cc2ccc(NS(=O)[O-])cc2)c2csc(-c3cccs3)n2)c1. The van der Waals surface area contributed by atoms with Crippen LogP contribution in [-0.4, -0.2) is 19.7 Å². The van der Waals surface area contributed by atoms with E-state index in [0.717, 1.165) is 26.7 Å². The molecule has 0 aliphatic heterocycles. The summed E-state index contributed by atoms with van der Waals surface area (Å²) in [5.74, 6) is -0.0304. The lowest BCUT2D eigenvalue weighted by atomic mass is 10.0. The van der Waals surface area contributed by atoms with Crippen molar-refractivity contribution in [2.75, 3.05) is 4.72 Å². The summed E-state index contributed by atoms with van der Waals surface area (Å²) in [5.41, 5.74) is 4.60. The van der Waals surface area contributed by atoms with Gasteiger partial charge in [0.2, 0.25) is 5.91 Å². The van der Waals surface area contributed by atoms with E-state index in [0.29, 0.717) is 24.9 Å². The van der Waals surface area contributed by atoms with Gasteiger partial charge >= 0.3 is 0 Å². The highest BCUT2D eigenvalue weighted by Gasteiger charge is 2.19. The van der Waals surface area contributed by atoms with Gasteiger partial charge in [-0.2, -0.15) is 0 Å². The van der Waals surface area contributed by atoms with Gasteiger partial charge in [-0.05, 0) is 54.5 Å². The van der Waals surface area contributed by atoms with E-state index < -0.39 is 11.3 Å². The molecule has 2 aromatic carbocycles. The number of rotatable bonds is 10. The molecular weight excluding hydrogens is 486 g/mol. The summed E-state index contributed by atoms with van der Waals surface area (Å²) >= 11 is 0.831. The number of hydrogen-bond acceptors (Lipinski definition) is 6. The minimum atomic E-state index is -2.37.